The molecule has 0 fully saturated rings. The summed E-state index contributed by atoms with van der Waals surface area (Å²) in [6.45, 7) is 2.78. The Hall–Kier alpha value is -1.97. The van der Waals surface area contributed by atoms with Crippen molar-refractivity contribution in [1.82, 2.24) is 24.8 Å². The van der Waals surface area contributed by atoms with E-state index in [4.69, 9.17) is 11.6 Å². The minimum atomic E-state index is -3.80. The first-order valence-electron chi connectivity index (χ1n) is 9.33. The summed E-state index contributed by atoms with van der Waals surface area (Å²) >= 11 is 5.78. The summed E-state index contributed by atoms with van der Waals surface area (Å²) in [6.07, 6.45) is 4.90. The first-order valence-corrected chi connectivity index (χ1v) is 11.2. The molecule has 0 spiro atoms. The van der Waals surface area contributed by atoms with Crippen LogP contribution in [-0.4, -0.2) is 41.7 Å². The first kappa shape index (κ1) is 20.8. The van der Waals surface area contributed by atoms with E-state index in [9.17, 15) is 13.2 Å². The SMILES string of the molecule is C[C@H](NS(=O)(=O)c1ccc(Cl)cc1)C(=O)NCCc1nnc2n1CCCCC2. The Morgan fingerprint density at radius 3 is 2.71 bits per heavy atom. The van der Waals surface area contributed by atoms with Crippen LogP contribution in [-0.2, 0) is 34.2 Å². The summed E-state index contributed by atoms with van der Waals surface area (Å²) in [6, 6.07) is 4.86. The second-order valence-electron chi connectivity index (χ2n) is 6.83. The molecule has 1 amide bonds. The number of amides is 1. The van der Waals surface area contributed by atoms with E-state index >= 15 is 0 Å². The Balaban J connectivity index is 1.52. The van der Waals surface area contributed by atoms with Gasteiger partial charge in [0.05, 0.1) is 10.9 Å². The predicted octanol–water partition coefficient (Wildman–Crippen LogP) is 1.68. The number of sulfonamides is 1. The summed E-state index contributed by atoms with van der Waals surface area (Å²) < 4.78 is 29.2. The third-order valence-electron chi connectivity index (χ3n) is 4.68. The van der Waals surface area contributed by atoms with Gasteiger partial charge in [-0.3, -0.25) is 4.79 Å². The number of nitrogens with one attached hydrogen (secondary N) is 2. The van der Waals surface area contributed by atoms with Gasteiger partial charge in [0.1, 0.15) is 11.6 Å². The molecule has 1 aromatic heterocycles. The lowest BCUT2D eigenvalue weighted by Gasteiger charge is -2.14. The fourth-order valence-electron chi connectivity index (χ4n) is 3.15. The molecule has 1 aliphatic rings. The third kappa shape index (κ3) is 5.09. The first-order chi connectivity index (χ1) is 13.4. The van der Waals surface area contributed by atoms with Crippen LogP contribution in [0.25, 0.3) is 0 Å². The summed E-state index contributed by atoms with van der Waals surface area (Å²) in [7, 11) is -3.80. The van der Waals surface area contributed by atoms with Gasteiger partial charge in [-0.1, -0.05) is 18.0 Å². The third-order valence-corrected chi connectivity index (χ3v) is 6.49. The second-order valence-corrected chi connectivity index (χ2v) is 8.98. The monoisotopic (exact) mass is 425 g/mol. The number of nitrogens with zero attached hydrogens (tertiary/aromatic N) is 3. The van der Waals surface area contributed by atoms with Crippen LogP contribution in [0.1, 0.15) is 37.8 Å². The molecule has 8 nitrogen and oxygen atoms in total. The van der Waals surface area contributed by atoms with Crippen LogP contribution < -0.4 is 10.0 Å². The Morgan fingerprint density at radius 1 is 1.21 bits per heavy atom. The summed E-state index contributed by atoms with van der Waals surface area (Å²) in [5.41, 5.74) is 0. The number of rotatable bonds is 7. The van der Waals surface area contributed by atoms with Crippen molar-refractivity contribution in [3.63, 3.8) is 0 Å². The number of hydrogen-bond donors (Lipinski definition) is 2. The fraction of sp³-hybridized carbons (Fsp3) is 0.500. The van der Waals surface area contributed by atoms with Crippen molar-refractivity contribution < 1.29 is 13.2 Å². The van der Waals surface area contributed by atoms with Crippen LogP contribution in [0.5, 0.6) is 0 Å². The van der Waals surface area contributed by atoms with Crippen molar-refractivity contribution in [2.24, 2.45) is 0 Å². The van der Waals surface area contributed by atoms with Gasteiger partial charge in [-0.2, -0.15) is 4.72 Å². The molecule has 1 aliphatic heterocycles. The number of hydrogen-bond acceptors (Lipinski definition) is 5. The van der Waals surface area contributed by atoms with Crippen molar-refractivity contribution in [3.8, 4) is 0 Å². The Labute approximate surface area is 169 Å². The molecule has 0 bridgehead atoms. The van der Waals surface area contributed by atoms with Gasteiger partial charge >= 0.3 is 0 Å². The molecular weight excluding hydrogens is 402 g/mol. The number of carbonyl (C=O) groups excluding carboxylic acids is 1. The lowest BCUT2D eigenvalue weighted by atomic mass is 10.2. The topological polar surface area (TPSA) is 106 Å². The predicted molar refractivity (Wildman–Crippen MR) is 106 cm³/mol. The van der Waals surface area contributed by atoms with E-state index in [-0.39, 0.29) is 4.90 Å². The number of aryl methyl sites for hydroxylation is 1. The molecule has 2 heterocycles. The molecule has 2 N–H and O–H groups in total. The van der Waals surface area contributed by atoms with Gasteiger partial charge in [0.15, 0.2) is 0 Å². The molecule has 28 heavy (non-hydrogen) atoms. The van der Waals surface area contributed by atoms with E-state index in [1.54, 1.807) is 0 Å². The van der Waals surface area contributed by atoms with E-state index in [1.807, 2.05) is 0 Å². The van der Waals surface area contributed by atoms with Gasteiger partial charge in [-0.15, -0.1) is 10.2 Å². The minimum absolute atomic E-state index is 0.0581. The Morgan fingerprint density at radius 2 is 1.96 bits per heavy atom. The lowest BCUT2D eigenvalue weighted by Crippen LogP contribution is -2.45. The quantitative estimate of drug-likeness (QED) is 0.702. The number of carbonyl (C=O) groups is 1. The van der Waals surface area contributed by atoms with E-state index in [2.05, 4.69) is 24.8 Å². The fourth-order valence-corrected chi connectivity index (χ4v) is 4.48. The van der Waals surface area contributed by atoms with E-state index in [0.29, 0.717) is 18.0 Å². The normalized spacial score (nSPS) is 15.5. The van der Waals surface area contributed by atoms with Crippen LogP contribution in [0.3, 0.4) is 0 Å². The van der Waals surface area contributed by atoms with Crippen LogP contribution in [0.15, 0.2) is 29.2 Å². The van der Waals surface area contributed by atoms with Gasteiger partial charge in [-0.25, -0.2) is 8.42 Å². The summed E-state index contributed by atoms with van der Waals surface area (Å²) in [5.74, 6) is 1.46. The van der Waals surface area contributed by atoms with Gasteiger partial charge in [0.2, 0.25) is 15.9 Å². The lowest BCUT2D eigenvalue weighted by molar-refractivity contribution is -0.122. The van der Waals surface area contributed by atoms with Crippen molar-refractivity contribution in [3.05, 3.63) is 40.9 Å². The van der Waals surface area contributed by atoms with Gasteiger partial charge in [-0.05, 0) is 44.0 Å². The average molecular weight is 426 g/mol. The van der Waals surface area contributed by atoms with Gasteiger partial charge in [0.25, 0.3) is 0 Å². The highest BCUT2D eigenvalue weighted by atomic mass is 35.5. The van der Waals surface area contributed by atoms with E-state index in [1.165, 1.54) is 37.6 Å². The molecule has 3 rings (SSSR count). The van der Waals surface area contributed by atoms with Crippen molar-refractivity contribution in [1.29, 1.82) is 0 Å². The zero-order valence-electron chi connectivity index (χ0n) is 15.7. The number of aromatic nitrogens is 3. The maximum atomic E-state index is 12.4. The highest BCUT2D eigenvalue weighted by Crippen LogP contribution is 2.15. The number of halogens is 1. The molecule has 0 radical (unpaired) electrons. The highest BCUT2D eigenvalue weighted by Gasteiger charge is 2.22. The molecule has 1 aromatic carbocycles. The number of benzene rings is 1. The van der Waals surface area contributed by atoms with E-state index < -0.39 is 22.0 Å². The van der Waals surface area contributed by atoms with E-state index in [0.717, 1.165) is 37.5 Å². The maximum absolute atomic E-state index is 12.4. The van der Waals surface area contributed by atoms with Crippen molar-refractivity contribution in [2.45, 2.75) is 56.5 Å². The Kier molecular flexibility index (Phi) is 6.69. The largest absolute Gasteiger partial charge is 0.354 e. The smallest absolute Gasteiger partial charge is 0.241 e. The summed E-state index contributed by atoms with van der Waals surface area (Å²) in [5, 5.41) is 11.7. The molecular formula is C18H24ClN5O3S. The summed E-state index contributed by atoms with van der Waals surface area (Å²) in [4.78, 5) is 12.3. The van der Waals surface area contributed by atoms with Gasteiger partial charge in [0, 0.05) is 31.0 Å². The molecule has 2 aromatic rings. The van der Waals surface area contributed by atoms with Crippen LogP contribution in [0.4, 0.5) is 0 Å². The molecule has 0 saturated heterocycles. The minimum Gasteiger partial charge on any atom is -0.354 e. The van der Waals surface area contributed by atoms with Crippen LogP contribution in [0, 0.1) is 0 Å². The molecule has 1 atom stereocenters. The molecule has 10 heteroatoms. The zero-order valence-corrected chi connectivity index (χ0v) is 17.3. The maximum Gasteiger partial charge on any atom is 0.241 e. The number of fused-ring (bicyclic) bond motifs is 1. The van der Waals surface area contributed by atoms with Crippen molar-refractivity contribution >= 4 is 27.5 Å². The van der Waals surface area contributed by atoms with Crippen LogP contribution in [0.2, 0.25) is 5.02 Å². The Bertz CT molecular complexity index is 927. The van der Waals surface area contributed by atoms with Gasteiger partial charge < -0.3 is 9.88 Å². The average Bonchev–Trinajstić information content (AvgIpc) is 2.88. The highest BCUT2D eigenvalue weighted by molar-refractivity contribution is 7.89. The molecule has 0 aliphatic carbocycles. The second kappa shape index (κ2) is 9.02. The van der Waals surface area contributed by atoms with Crippen molar-refractivity contribution in [2.75, 3.05) is 6.54 Å². The standard InChI is InChI=1S/C18H24ClN5O3S/c1-13(23-28(26,27)15-8-6-14(19)7-9-15)18(25)20-11-10-17-22-21-16-5-3-2-4-12-24(16)17/h6-9,13,23H,2-5,10-12H2,1H3,(H,20,25)/t13-/m0/s1. The molecule has 152 valence electrons. The molecule has 0 unspecified atom stereocenters. The molecule has 0 saturated carbocycles. The van der Waals surface area contributed by atoms with Crippen LogP contribution >= 0.6 is 11.6 Å². The zero-order chi connectivity index (χ0) is 20.1.